The number of rotatable bonds is 4. The summed E-state index contributed by atoms with van der Waals surface area (Å²) in [5.41, 5.74) is 0. The van der Waals surface area contributed by atoms with Crippen LogP contribution in [0.25, 0.3) is 0 Å². The van der Waals surface area contributed by atoms with Crippen LogP contribution in [0.3, 0.4) is 0 Å². The summed E-state index contributed by atoms with van der Waals surface area (Å²) in [7, 11) is 0. The van der Waals surface area contributed by atoms with Crippen LogP contribution >= 0.6 is 0 Å². The molecule has 1 atom stereocenters. The number of nitrogens with zero attached hydrogens (tertiary/aromatic N) is 1. The second kappa shape index (κ2) is 5.57. The van der Waals surface area contributed by atoms with Gasteiger partial charge in [-0.15, -0.1) is 0 Å². The average Bonchev–Trinajstić information content (AvgIpc) is 2.88. The Balaban J connectivity index is 1.98. The molecule has 1 unspecified atom stereocenters. The van der Waals surface area contributed by atoms with Crippen molar-refractivity contribution in [2.75, 3.05) is 13.1 Å². The molecule has 1 N–H and O–H groups in total. The number of hydrogen-bond donors (Lipinski definition) is 1. The topological polar surface area (TPSA) is 53.7 Å². The normalized spacial score (nSPS) is 19.9. The van der Waals surface area contributed by atoms with Gasteiger partial charge in [-0.1, -0.05) is 13.3 Å². The van der Waals surface area contributed by atoms with E-state index in [0.717, 1.165) is 24.8 Å². The van der Waals surface area contributed by atoms with E-state index in [9.17, 15) is 4.79 Å². The van der Waals surface area contributed by atoms with E-state index in [1.54, 1.807) is 6.07 Å². The minimum Gasteiger partial charge on any atom is -0.475 e. The van der Waals surface area contributed by atoms with E-state index in [4.69, 9.17) is 9.52 Å². The Morgan fingerprint density at radius 1 is 1.50 bits per heavy atom. The molecule has 0 aromatic carbocycles. The first-order chi connectivity index (χ1) is 8.61. The van der Waals surface area contributed by atoms with Gasteiger partial charge in [-0.3, -0.25) is 4.90 Å². The minimum atomic E-state index is -1.00. The second-order valence-corrected chi connectivity index (χ2v) is 5.07. The van der Waals surface area contributed by atoms with E-state index in [1.165, 1.54) is 25.3 Å². The van der Waals surface area contributed by atoms with Gasteiger partial charge in [-0.2, -0.15) is 0 Å². The number of hydrogen-bond acceptors (Lipinski definition) is 3. The number of carbonyl (C=O) groups is 1. The maximum absolute atomic E-state index is 10.8. The summed E-state index contributed by atoms with van der Waals surface area (Å²) in [6.07, 6.45) is 3.72. The molecule has 100 valence electrons. The standard InChI is InChI=1S/C14H21NO3/c1-3-11-6-8-15(9-7-11)10(2)12-4-5-13(18-12)14(16)17/h4-5,10-11H,3,6-9H2,1-2H3,(H,16,17). The highest BCUT2D eigenvalue weighted by Gasteiger charge is 2.24. The van der Waals surface area contributed by atoms with Gasteiger partial charge >= 0.3 is 5.97 Å². The van der Waals surface area contributed by atoms with Crippen molar-refractivity contribution in [2.45, 2.75) is 39.2 Å². The SMILES string of the molecule is CCC1CCN(C(C)c2ccc(C(=O)O)o2)CC1. The molecule has 2 rings (SSSR count). The van der Waals surface area contributed by atoms with Crippen molar-refractivity contribution in [1.82, 2.24) is 4.90 Å². The lowest BCUT2D eigenvalue weighted by Gasteiger charge is -2.34. The van der Waals surface area contributed by atoms with E-state index >= 15 is 0 Å². The molecule has 1 aromatic rings. The highest BCUT2D eigenvalue weighted by atomic mass is 16.4. The van der Waals surface area contributed by atoms with Gasteiger partial charge in [0.25, 0.3) is 0 Å². The average molecular weight is 251 g/mol. The number of furan rings is 1. The Hall–Kier alpha value is -1.29. The zero-order chi connectivity index (χ0) is 13.1. The van der Waals surface area contributed by atoms with E-state index < -0.39 is 5.97 Å². The number of carboxylic acid groups (broad SMARTS) is 1. The Kier molecular flexibility index (Phi) is 4.07. The van der Waals surface area contributed by atoms with Crippen molar-refractivity contribution < 1.29 is 14.3 Å². The van der Waals surface area contributed by atoms with Crippen LogP contribution in [-0.2, 0) is 0 Å². The van der Waals surface area contributed by atoms with Crippen LogP contribution in [0.2, 0.25) is 0 Å². The van der Waals surface area contributed by atoms with Crippen molar-refractivity contribution >= 4 is 5.97 Å². The van der Waals surface area contributed by atoms with E-state index in [1.807, 2.05) is 0 Å². The third-order valence-corrected chi connectivity index (χ3v) is 4.02. The zero-order valence-corrected chi connectivity index (χ0v) is 11.1. The van der Waals surface area contributed by atoms with Crippen LogP contribution in [0.15, 0.2) is 16.5 Å². The van der Waals surface area contributed by atoms with Gasteiger partial charge in [0.2, 0.25) is 5.76 Å². The molecular weight excluding hydrogens is 230 g/mol. The molecule has 1 aromatic heterocycles. The lowest BCUT2D eigenvalue weighted by molar-refractivity contribution is 0.0652. The van der Waals surface area contributed by atoms with E-state index in [-0.39, 0.29) is 11.8 Å². The van der Waals surface area contributed by atoms with Crippen molar-refractivity contribution in [1.29, 1.82) is 0 Å². The third kappa shape index (κ3) is 2.75. The molecule has 0 radical (unpaired) electrons. The molecule has 4 heteroatoms. The first-order valence-corrected chi connectivity index (χ1v) is 6.69. The van der Waals surface area contributed by atoms with E-state index in [2.05, 4.69) is 18.7 Å². The highest BCUT2D eigenvalue weighted by molar-refractivity contribution is 5.84. The summed E-state index contributed by atoms with van der Waals surface area (Å²) in [5, 5.41) is 8.85. The fourth-order valence-corrected chi connectivity index (χ4v) is 2.62. The van der Waals surface area contributed by atoms with Crippen molar-refractivity contribution in [2.24, 2.45) is 5.92 Å². The van der Waals surface area contributed by atoms with Gasteiger partial charge in [-0.05, 0) is 50.9 Å². The van der Waals surface area contributed by atoms with Crippen LogP contribution in [-0.4, -0.2) is 29.1 Å². The summed E-state index contributed by atoms with van der Waals surface area (Å²) in [6.45, 7) is 6.47. The molecule has 0 aliphatic carbocycles. The molecule has 1 aliphatic rings. The monoisotopic (exact) mass is 251 g/mol. The molecule has 1 aliphatic heterocycles. The Morgan fingerprint density at radius 2 is 2.17 bits per heavy atom. The predicted molar refractivity (Wildman–Crippen MR) is 68.7 cm³/mol. The maximum Gasteiger partial charge on any atom is 0.371 e. The lowest BCUT2D eigenvalue weighted by Crippen LogP contribution is -2.35. The molecule has 1 fully saturated rings. The maximum atomic E-state index is 10.8. The largest absolute Gasteiger partial charge is 0.475 e. The first kappa shape index (κ1) is 13.1. The predicted octanol–water partition coefficient (Wildman–Crippen LogP) is 3.16. The van der Waals surface area contributed by atoms with Gasteiger partial charge in [0.05, 0.1) is 6.04 Å². The summed E-state index contributed by atoms with van der Waals surface area (Å²) in [6, 6.07) is 3.48. The van der Waals surface area contributed by atoms with E-state index in [0.29, 0.717) is 0 Å². The van der Waals surface area contributed by atoms with Crippen molar-refractivity contribution in [3.63, 3.8) is 0 Å². The highest BCUT2D eigenvalue weighted by Crippen LogP contribution is 2.28. The minimum absolute atomic E-state index is 0.0281. The van der Waals surface area contributed by atoms with Crippen LogP contribution in [0.1, 0.15) is 55.5 Å². The number of piperidine rings is 1. The summed E-state index contributed by atoms with van der Waals surface area (Å²) in [4.78, 5) is 13.2. The van der Waals surface area contributed by atoms with Gasteiger partial charge in [0.15, 0.2) is 0 Å². The molecule has 18 heavy (non-hydrogen) atoms. The molecular formula is C14H21NO3. The summed E-state index contributed by atoms with van der Waals surface area (Å²) in [5.74, 6) is 0.625. The fraction of sp³-hybridized carbons (Fsp3) is 0.643. The van der Waals surface area contributed by atoms with Crippen LogP contribution in [0.5, 0.6) is 0 Å². The summed E-state index contributed by atoms with van der Waals surface area (Å²) >= 11 is 0. The third-order valence-electron chi connectivity index (χ3n) is 4.02. The molecule has 0 amide bonds. The Morgan fingerprint density at radius 3 is 2.67 bits per heavy atom. The smallest absolute Gasteiger partial charge is 0.371 e. The molecule has 0 spiro atoms. The molecule has 0 bridgehead atoms. The van der Waals surface area contributed by atoms with Crippen LogP contribution in [0, 0.1) is 5.92 Å². The van der Waals surface area contributed by atoms with Gasteiger partial charge in [0.1, 0.15) is 5.76 Å². The zero-order valence-electron chi connectivity index (χ0n) is 11.1. The Bertz CT molecular complexity index is 405. The number of likely N-dealkylation sites (tertiary alicyclic amines) is 1. The second-order valence-electron chi connectivity index (χ2n) is 5.07. The van der Waals surface area contributed by atoms with Gasteiger partial charge in [-0.25, -0.2) is 4.79 Å². The van der Waals surface area contributed by atoms with Crippen molar-refractivity contribution in [3.05, 3.63) is 23.7 Å². The first-order valence-electron chi connectivity index (χ1n) is 6.69. The van der Waals surface area contributed by atoms with Crippen LogP contribution in [0.4, 0.5) is 0 Å². The van der Waals surface area contributed by atoms with Gasteiger partial charge < -0.3 is 9.52 Å². The molecule has 1 saturated heterocycles. The summed E-state index contributed by atoms with van der Waals surface area (Å²) < 4.78 is 5.37. The number of carboxylic acids is 1. The Labute approximate surface area is 108 Å². The van der Waals surface area contributed by atoms with Crippen molar-refractivity contribution in [3.8, 4) is 0 Å². The fourth-order valence-electron chi connectivity index (χ4n) is 2.62. The lowest BCUT2D eigenvalue weighted by atomic mass is 9.93. The van der Waals surface area contributed by atoms with Crippen LogP contribution < -0.4 is 0 Å². The molecule has 2 heterocycles. The molecule has 4 nitrogen and oxygen atoms in total. The van der Waals surface area contributed by atoms with Gasteiger partial charge in [0, 0.05) is 0 Å². The molecule has 0 saturated carbocycles. The quantitative estimate of drug-likeness (QED) is 0.893. The number of aromatic carboxylic acids is 1.